The van der Waals surface area contributed by atoms with Crippen LogP contribution in [0, 0.1) is 0 Å². The zero-order valence-electron chi connectivity index (χ0n) is 11.5. The lowest BCUT2D eigenvalue weighted by Gasteiger charge is -2.12. The van der Waals surface area contributed by atoms with Crippen LogP contribution in [0.2, 0.25) is 0 Å². The van der Waals surface area contributed by atoms with Gasteiger partial charge in [0.1, 0.15) is 5.75 Å². The van der Waals surface area contributed by atoms with Gasteiger partial charge in [0.15, 0.2) is 0 Å². The molecule has 0 spiro atoms. The van der Waals surface area contributed by atoms with Crippen LogP contribution in [0.25, 0.3) is 0 Å². The van der Waals surface area contributed by atoms with Crippen molar-refractivity contribution in [1.29, 1.82) is 0 Å². The van der Waals surface area contributed by atoms with E-state index < -0.39 is 0 Å². The van der Waals surface area contributed by atoms with Gasteiger partial charge in [-0.3, -0.25) is 0 Å². The number of thioether (sulfide) groups is 1. The first-order chi connectivity index (χ1) is 9.19. The monoisotopic (exact) mass is 409 g/mol. The van der Waals surface area contributed by atoms with E-state index in [1.807, 2.05) is 11.8 Å². The summed E-state index contributed by atoms with van der Waals surface area (Å²) in [6.45, 7) is 6.90. The number of halogens is 2. The molecule has 0 atom stereocenters. The summed E-state index contributed by atoms with van der Waals surface area (Å²) in [5.74, 6) is 3.23. The molecule has 0 aromatic heterocycles. The van der Waals surface area contributed by atoms with Crippen molar-refractivity contribution in [3.63, 3.8) is 0 Å². The first-order valence-electron chi connectivity index (χ1n) is 6.58. The Bertz CT molecular complexity index is 365. The highest BCUT2D eigenvalue weighted by molar-refractivity contribution is 9.11. The Morgan fingerprint density at radius 2 is 1.89 bits per heavy atom. The van der Waals surface area contributed by atoms with Gasteiger partial charge in [-0.1, -0.05) is 13.8 Å². The second kappa shape index (κ2) is 10.1. The number of rotatable bonds is 9. The van der Waals surface area contributed by atoms with E-state index in [-0.39, 0.29) is 0 Å². The third-order valence-corrected chi connectivity index (χ3v) is 4.68. The van der Waals surface area contributed by atoms with Gasteiger partial charge in [0.25, 0.3) is 0 Å². The smallest absolute Gasteiger partial charge is 0.147 e. The maximum atomic E-state index is 5.85. The van der Waals surface area contributed by atoms with Crippen molar-refractivity contribution >= 4 is 43.6 Å². The molecule has 0 aliphatic rings. The molecular weight excluding hydrogens is 390 g/mol. The molecule has 1 aromatic rings. The van der Waals surface area contributed by atoms with Crippen LogP contribution in [0.3, 0.4) is 0 Å². The maximum Gasteiger partial charge on any atom is 0.147 e. The second-order valence-corrected chi connectivity index (χ2v) is 7.17. The van der Waals surface area contributed by atoms with Crippen molar-refractivity contribution < 1.29 is 4.74 Å². The summed E-state index contributed by atoms with van der Waals surface area (Å²) in [5.41, 5.74) is 1.24. The van der Waals surface area contributed by atoms with Gasteiger partial charge in [-0.2, -0.15) is 11.8 Å². The molecule has 0 radical (unpaired) electrons. The summed E-state index contributed by atoms with van der Waals surface area (Å²) >= 11 is 9.12. The fourth-order valence-corrected chi connectivity index (χ4v) is 3.72. The number of ether oxygens (including phenoxy) is 1. The Morgan fingerprint density at radius 1 is 1.21 bits per heavy atom. The summed E-state index contributed by atoms with van der Waals surface area (Å²) in [4.78, 5) is 0. The van der Waals surface area contributed by atoms with Crippen LogP contribution >= 0.6 is 43.6 Å². The molecule has 0 aliphatic heterocycles. The Balaban J connectivity index is 2.53. The summed E-state index contributed by atoms with van der Waals surface area (Å²) in [6, 6.07) is 4.23. The lowest BCUT2D eigenvalue weighted by Crippen LogP contribution is -2.11. The third-order valence-electron chi connectivity index (χ3n) is 2.52. The normalized spacial score (nSPS) is 10.7. The molecule has 5 heteroatoms. The van der Waals surface area contributed by atoms with Crippen LogP contribution in [0.4, 0.5) is 0 Å². The largest absolute Gasteiger partial charge is 0.491 e. The average molecular weight is 411 g/mol. The van der Waals surface area contributed by atoms with E-state index in [0.29, 0.717) is 0 Å². The Kier molecular flexibility index (Phi) is 9.20. The molecule has 0 saturated carbocycles. The Labute approximate surface area is 137 Å². The Hall–Kier alpha value is 0.290. The predicted molar refractivity (Wildman–Crippen MR) is 92.3 cm³/mol. The zero-order chi connectivity index (χ0) is 14.1. The summed E-state index contributed by atoms with van der Waals surface area (Å²) in [6.07, 6.45) is 1.08. The van der Waals surface area contributed by atoms with Crippen LogP contribution in [-0.4, -0.2) is 24.7 Å². The van der Waals surface area contributed by atoms with Gasteiger partial charge in [0, 0.05) is 6.54 Å². The topological polar surface area (TPSA) is 21.3 Å². The average Bonchev–Trinajstić information content (AvgIpc) is 2.38. The van der Waals surface area contributed by atoms with Gasteiger partial charge in [0.2, 0.25) is 0 Å². The lowest BCUT2D eigenvalue weighted by atomic mass is 10.2. The van der Waals surface area contributed by atoms with Gasteiger partial charge in [0.05, 0.1) is 15.6 Å². The molecule has 0 unspecified atom stereocenters. The second-order valence-electron chi connectivity index (χ2n) is 4.07. The minimum atomic E-state index is 0.761. The lowest BCUT2D eigenvalue weighted by molar-refractivity contribution is 0.314. The molecule has 108 valence electrons. The first-order valence-corrected chi connectivity index (χ1v) is 9.32. The summed E-state index contributed by atoms with van der Waals surface area (Å²) in [7, 11) is 0. The van der Waals surface area contributed by atoms with Gasteiger partial charge >= 0.3 is 0 Å². The highest BCUT2D eigenvalue weighted by Crippen LogP contribution is 2.34. The van der Waals surface area contributed by atoms with E-state index in [0.717, 1.165) is 46.6 Å². The van der Waals surface area contributed by atoms with Crippen molar-refractivity contribution in [3.05, 3.63) is 26.6 Å². The minimum absolute atomic E-state index is 0.761. The summed E-state index contributed by atoms with van der Waals surface area (Å²) in [5, 5.41) is 3.32. The van der Waals surface area contributed by atoms with Crippen LogP contribution in [0.15, 0.2) is 21.1 Å². The Morgan fingerprint density at radius 3 is 2.47 bits per heavy atom. The molecule has 0 amide bonds. The van der Waals surface area contributed by atoms with Crippen molar-refractivity contribution in [2.45, 2.75) is 26.8 Å². The van der Waals surface area contributed by atoms with Crippen LogP contribution in [0.1, 0.15) is 25.8 Å². The van der Waals surface area contributed by atoms with E-state index in [4.69, 9.17) is 4.74 Å². The number of hydrogen-bond donors (Lipinski definition) is 1. The SMILES string of the molecule is CCNCc1cc(Br)c(OCCCSCC)c(Br)c1. The molecule has 1 rings (SSSR count). The number of benzene rings is 1. The van der Waals surface area contributed by atoms with E-state index in [1.54, 1.807) is 0 Å². The van der Waals surface area contributed by atoms with Crippen LogP contribution < -0.4 is 10.1 Å². The van der Waals surface area contributed by atoms with E-state index in [9.17, 15) is 0 Å². The van der Waals surface area contributed by atoms with Gasteiger partial charge in [-0.25, -0.2) is 0 Å². The standard InChI is InChI=1S/C14H21Br2NOS/c1-3-17-10-11-8-12(15)14(13(16)9-11)18-6-5-7-19-4-2/h8-9,17H,3-7,10H2,1-2H3. The maximum absolute atomic E-state index is 5.85. The van der Waals surface area contributed by atoms with Crippen molar-refractivity contribution in [2.75, 3.05) is 24.7 Å². The fraction of sp³-hybridized carbons (Fsp3) is 0.571. The van der Waals surface area contributed by atoms with Crippen LogP contribution in [-0.2, 0) is 6.54 Å². The molecular formula is C14H21Br2NOS. The molecule has 1 N–H and O–H groups in total. The number of hydrogen-bond acceptors (Lipinski definition) is 3. The highest BCUT2D eigenvalue weighted by Gasteiger charge is 2.08. The van der Waals surface area contributed by atoms with Gasteiger partial charge < -0.3 is 10.1 Å². The van der Waals surface area contributed by atoms with E-state index in [2.05, 4.69) is 63.2 Å². The number of nitrogens with one attached hydrogen (secondary N) is 1. The summed E-state index contributed by atoms with van der Waals surface area (Å²) < 4.78 is 7.87. The van der Waals surface area contributed by atoms with Crippen LogP contribution in [0.5, 0.6) is 5.75 Å². The van der Waals surface area contributed by atoms with Crippen molar-refractivity contribution in [3.8, 4) is 5.75 Å². The molecule has 2 nitrogen and oxygen atoms in total. The van der Waals surface area contributed by atoms with Crippen molar-refractivity contribution in [1.82, 2.24) is 5.32 Å². The van der Waals surface area contributed by atoms with Crippen molar-refractivity contribution in [2.24, 2.45) is 0 Å². The molecule has 1 aromatic carbocycles. The van der Waals surface area contributed by atoms with Gasteiger partial charge in [-0.05, 0) is 74.0 Å². The fourth-order valence-electron chi connectivity index (χ4n) is 1.60. The molecule has 0 aliphatic carbocycles. The molecule has 0 bridgehead atoms. The quantitative estimate of drug-likeness (QED) is 0.588. The minimum Gasteiger partial charge on any atom is -0.491 e. The van der Waals surface area contributed by atoms with E-state index in [1.165, 1.54) is 11.3 Å². The predicted octanol–water partition coefficient (Wildman–Crippen LogP) is 4.84. The molecule has 0 heterocycles. The molecule has 0 fully saturated rings. The third kappa shape index (κ3) is 6.52. The molecule has 0 saturated heterocycles. The zero-order valence-corrected chi connectivity index (χ0v) is 15.5. The van der Waals surface area contributed by atoms with Gasteiger partial charge in [-0.15, -0.1) is 0 Å². The highest BCUT2D eigenvalue weighted by atomic mass is 79.9. The molecule has 19 heavy (non-hydrogen) atoms. The van der Waals surface area contributed by atoms with E-state index >= 15 is 0 Å². The first kappa shape index (κ1) is 17.3.